The van der Waals surface area contributed by atoms with E-state index in [1.807, 2.05) is 0 Å². The molecule has 0 aliphatic heterocycles. The summed E-state index contributed by atoms with van der Waals surface area (Å²) in [6.45, 7) is 0. The van der Waals surface area contributed by atoms with Crippen LogP contribution in [-0.4, -0.2) is 5.48 Å². The molecule has 1 N–H and O–H groups in total. The third-order valence-electron chi connectivity index (χ3n) is 0. The predicted molar refractivity (Wildman–Crippen MR) is 1.94 cm³/mol. The standard InChI is InChI=1S/3FH.H2O.Ti/h3*1H;1H2;/q;;;;+4/p-4. The van der Waals surface area contributed by atoms with E-state index in [-0.39, 0.29) is 41.3 Å². The van der Waals surface area contributed by atoms with Crippen LogP contribution in [0, 0.1) is 0 Å². The first-order valence-corrected chi connectivity index (χ1v) is 0. The Morgan fingerprint density at radius 3 is 0.600 bits per heavy atom. The second kappa shape index (κ2) is 249. The fourth-order valence-corrected chi connectivity index (χ4v) is 0. The van der Waals surface area contributed by atoms with Gasteiger partial charge in [-0.2, -0.15) is 0 Å². The maximum Gasteiger partial charge on any atom is 4.00 e. The van der Waals surface area contributed by atoms with Gasteiger partial charge in [-0.05, 0) is 0 Å². The average Bonchev–Trinajstić information content (AvgIpc) is 0. The summed E-state index contributed by atoms with van der Waals surface area (Å²) in [5.41, 5.74) is 0. The number of hydrogen-bond donors (Lipinski definition) is 0. The summed E-state index contributed by atoms with van der Waals surface area (Å²) in [5, 5.41) is 0. The second-order valence-electron chi connectivity index (χ2n) is 0. The average molecular weight is 122 g/mol. The molecule has 5 heavy (non-hydrogen) atoms. The van der Waals surface area contributed by atoms with Gasteiger partial charge in [0.25, 0.3) is 0 Å². The van der Waals surface area contributed by atoms with Crippen LogP contribution in [0.3, 0.4) is 0 Å². The number of rotatable bonds is 0. The van der Waals surface area contributed by atoms with Crippen molar-refractivity contribution in [3.8, 4) is 0 Å². The van der Waals surface area contributed by atoms with E-state index in [0.29, 0.717) is 0 Å². The summed E-state index contributed by atoms with van der Waals surface area (Å²) in [6.07, 6.45) is 0. The van der Waals surface area contributed by atoms with Crippen LogP contribution in [0.15, 0.2) is 0 Å². The van der Waals surface area contributed by atoms with Crippen molar-refractivity contribution in [3.05, 3.63) is 0 Å². The maximum absolute atomic E-state index is 0. The second-order valence-corrected chi connectivity index (χ2v) is 0. The van der Waals surface area contributed by atoms with Crippen molar-refractivity contribution < 1.29 is 41.3 Å². The summed E-state index contributed by atoms with van der Waals surface area (Å²) in [7, 11) is 0. The maximum atomic E-state index is 0. The zero-order valence-corrected chi connectivity index (χ0v) is 3.64. The van der Waals surface area contributed by atoms with Crippen LogP contribution < -0.4 is 14.1 Å². The SMILES string of the molecule is [F-].[F-].[F-].[OH-].[Ti+4]. The molecule has 0 bridgehead atoms. The molecular formula is HF3OTi. The van der Waals surface area contributed by atoms with Crippen molar-refractivity contribution in [1.82, 2.24) is 0 Å². The van der Waals surface area contributed by atoms with Gasteiger partial charge >= 0.3 is 21.7 Å². The molecule has 0 amide bonds. The van der Waals surface area contributed by atoms with Gasteiger partial charge in [0, 0.05) is 0 Å². The summed E-state index contributed by atoms with van der Waals surface area (Å²) >= 11 is 0. The summed E-state index contributed by atoms with van der Waals surface area (Å²) in [6, 6.07) is 0. The third kappa shape index (κ3) is 126. The molecule has 0 rings (SSSR count). The van der Waals surface area contributed by atoms with E-state index in [2.05, 4.69) is 0 Å². The Balaban J connectivity index is 0. The molecule has 0 aromatic heterocycles. The van der Waals surface area contributed by atoms with Crippen molar-refractivity contribution in [3.63, 3.8) is 0 Å². The number of halogens is 3. The van der Waals surface area contributed by atoms with Crippen LogP contribution in [0.5, 0.6) is 0 Å². The minimum atomic E-state index is 0. The van der Waals surface area contributed by atoms with E-state index in [0.717, 1.165) is 0 Å². The Hall–Kier alpha value is 0.464. The summed E-state index contributed by atoms with van der Waals surface area (Å²) in [5.74, 6) is 0. The monoisotopic (exact) mass is 122 g/mol. The molecule has 0 aromatic rings. The van der Waals surface area contributed by atoms with Crippen molar-refractivity contribution in [2.75, 3.05) is 0 Å². The van der Waals surface area contributed by atoms with Crippen molar-refractivity contribution in [2.24, 2.45) is 0 Å². The van der Waals surface area contributed by atoms with E-state index in [1.54, 1.807) is 0 Å². The van der Waals surface area contributed by atoms with Crippen LogP contribution >= 0.6 is 0 Å². The molecule has 0 aliphatic rings. The largest absolute Gasteiger partial charge is 4.00 e. The number of hydrogen-bond acceptors (Lipinski definition) is 1. The van der Waals surface area contributed by atoms with Gasteiger partial charge in [0.1, 0.15) is 0 Å². The first-order valence-electron chi connectivity index (χ1n) is 0. The van der Waals surface area contributed by atoms with E-state index in [1.165, 1.54) is 0 Å². The van der Waals surface area contributed by atoms with Gasteiger partial charge < -0.3 is 19.6 Å². The van der Waals surface area contributed by atoms with Crippen LogP contribution in [0.4, 0.5) is 0 Å². The molecule has 5 heteroatoms. The molecule has 0 aliphatic carbocycles. The molecule has 0 radical (unpaired) electrons. The minimum Gasteiger partial charge on any atom is -1.00 e. The smallest absolute Gasteiger partial charge is 1.00 e. The molecule has 0 spiro atoms. The van der Waals surface area contributed by atoms with E-state index in [9.17, 15) is 0 Å². The summed E-state index contributed by atoms with van der Waals surface area (Å²) in [4.78, 5) is 0. The molecule has 0 unspecified atom stereocenters. The Morgan fingerprint density at radius 1 is 0.600 bits per heavy atom. The molecule has 1 nitrogen and oxygen atoms in total. The quantitative estimate of drug-likeness (QED) is 0.293. The normalized spacial score (nSPS) is 0. The molecule has 0 atom stereocenters. The Morgan fingerprint density at radius 2 is 0.600 bits per heavy atom. The molecule has 0 aromatic carbocycles. The van der Waals surface area contributed by atoms with Gasteiger partial charge in [0.2, 0.25) is 0 Å². The fourth-order valence-electron chi connectivity index (χ4n) is 0. The van der Waals surface area contributed by atoms with Crippen LogP contribution in [0.1, 0.15) is 0 Å². The zero-order chi connectivity index (χ0) is 0. The first kappa shape index (κ1) is 505. The van der Waals surface area contributed by atoms with Crippen LogP contribution in [0.25, 0.3) is 0 Å². The fraction of sp³-hybridized carbons (Fsp3) is 0. The first-order chi connectivity index (χ1) is 0. The predicted octanol–water partition coefficient (Wildman–Crippen LogP) is -9.17. The van der Waals surface area contributed by atoms with Gasteiger partial charge in [-0.1, -0.05) is 0 Å². The van der Waals surface area contributed by atoms with E-state index >= 15 is 0 Å². The van der Waals surface area contributed by atoms with Crippen molar-refractivity contribution in [1.29, 1.82) is 0 Å². The van der Waals surface area contributed by atoms with Gasteiger partial charge in [-0.25, -0.2) is 0 Å². The molecular weight excluding hydrogens is 121 g/mol. The molecule has 32 valence electrons. The molecule has 0 heterocycles. The Kier molecular flexibility index (Phi) is 25100. The zero-order valence-electron chi connectivity index (χ0n) is 2.08. The van der Waals surface area contributed by atoms with E-state index in [4.69, 9.17) is 0 Å². The Labute approximate surface area is 42.0 Å². The summed E-state index contributed by atoms with van der Waals surface area (Å²) < 4.78 is 0. The minimum absolute atomic E-state index is 0. The van der Waals surface area contributed by atoms with Gasteiger partial charge in [0.05, 0.1) is 0 Å². The van der Waals surface area contributed by atoms with Gasteiger partial charge in [-0.15, -0.1) is 0 Å². The molecule has 0 fully saturated rings. The Bertz CT molecular complexity index is 6.85. The van der Waals surface area contributed by atoms with Gasteiger partial charge in [0.15, 0.2) is 0 Å². The molecule has 0 saturated heterocycles. The molecule has 0 saturated carbocycles. The topological polar surface area (TPSA) is 30.0 Å². The van der Waals surface area contributed by atoms with Crippen LogP contribution in [0.2, 0.25) is 0 Å². The van der Waals surface area contributed by atoms with Crippen molar-refractivity contribution >= 4 is 0 Å². The van der Waals surface area contributed by atoms with Crippen LogP contribution in [-0.2, 0) is 21.7 Å². The third-order valence-corrected chi connectivity index (χ3v) is 0. The van der Waals surface area contributed by atoms with Crippen molar-refractivity contribution in [2.45, 2.75) is 0 Å². The van der Waals surface area contributed by atoms with E-state index < -0.39 is 0 Å². The van der Waals surface area contributed by atoms with Gasteiger partial charge in [-0.3, -0.25) is 0 Å².